The van der Waals surface area contributed by atoms with Crippen molar-refractivity contribution in [2.45, 2.75) is 13.0 Å². The second-order valence-corrected chi connectivity index (χ2v) is 4.27. The molecule has 0 bridgehead atoms. The van der Waals surface area contributed by atoms with Gasteiger partial charge >= 0.3 is 0 Å². The number of benzene rings is 1. The number of nitrogens with zero attached hydrogens (tertiary/aromatic N) is 2. The van der Waals surface area contributed by atoms with Crippen LogP contribution in [0.25, 0.3) is 10.9 Å². The molecule has 0 fully saturated rings. The van der Waals surface area contributed by atoms with Crippen molar-refractivity contribution >= 4 is 28.8 Å². The van der Waals surface area contributed by atoms with Gasteiger partial charge in [-0.05, 0) is 17.7 Å². The fourth-order valence-electron chi connectivity index (χ4n) is 2.48. The van der Waals surface area contributed by atoms with Crippen LogP contribution >= 0.6 is 0 Å². The summed E-state index contributed by atoms with van der Waals surface area (Å²) >= 11 is 0. The molecule has 0 saturated heterocycles. The summed E-state index contributed by atoms with van der Waals surface area (Å²) in [6.07, 6.45) is 3.20. The zero-order valence-electron chi connectivity index (χ0n) is 9.51. The molecular weight excluding hydrogens is 216 g/mol. The largest absolute Gasteiger partial charge is 0.340 e. The Morgan fingerprint density at radius 2 is 2.24 bits per heavy atom. The van der Waals surface area contributed by atoms with Crippen LogP contribution in [-0.2, 0) is 22.6 Å². The van der Waals surface area contributed by atoms with Crippen molar-refractivity contribution in [1.29, 1.82) is 0 Å². The van der Waals surface area contributed by atoms with E-state index in [0.717, 1.165) is 28.4 Å². The number of aldehydes is 1. The van der Waals surface area contributed by atoms with E-state index >= 15 is 0 Å². The van der Waals surface area contributed by atoms with E-state index in [9.17, 15) is 9.59 Å². The highest BCUT2D eigenvalue weighted by molar-refractivity contribution is 6.10. The Kier molecular flexibility index (Phi) is 2.04. The molecule has 0 atom stereocenters. The molecule has 4 nitrogen and oxygen atoms in total. The number of carbonyl (C=O) groups excluding carboxylic acids is 2. The summed E-state index contributed by atoms with van der Waals surface area (Å²) in [6.45, 7) is 0.331. The maximum atomic E-state index is 11.8. The lowest BCUT2D eigenvalue weighted by Gasteiger charge is -2.23. The third-order valence-electron chi connectivity index (χ3n) is 3.31. The molecule has 3 rings (SSSR count). The highest BCUT2D eigenvalue weighted by Crippen LogP contribution is 2.34. The van der Waals surface area contributed by atoms with Crippen LogP contribution in [0.3, 0.4) is 0 Å². The zero-order valence-corrected chi connectivity index (χ0v) is 9.51. The van der Waals surface area contributed by atoms with Crippen molar-refractivity contribution < 1.29 is 9.59 Å². The Hall–Kier alpha value is -2.10. The van der Waals surface area contributed by atoms with E-state index in [1.165, 1.54) is 0 Å². The van der Waals surface area contributed by atoms with Crippen LogP contribution in [0.15, 0.2) is 24.4 Å². The molecule has 1 amide bonds. The van der Waals surface area contributed by atoms with E-state index in [2.05, 4.69) is 0 Å². The molecular formula is C13H12N2O2. The van der Waals surface area contributed by atoms with E-state index in [0.29, 0.717) is 13.0 Å². The summed E-state index contributed by atoms with van der Waals surface area (Å²) in [5.74, 6) is 0.0915. The molecule has 0 saturated carbocycles. The van der Waals surface area contributed by atoms with Gasteiger partial charge in [0.05, 0.1) is 24.2 Å². The Morgan fingerprint density at radius 1 is 1.41 bits per heavy atom. The first-order chi connectivity index (χ1) is 8.22. The van der Waals surface area contributed by atoms with Gasteiger partial charge in [0, 0.05) is 18.6 Å². The van der Waals surface area contributed by atoms with Gasteiger partial charge in [0.15, 0.2) is 0 Å². The number of carbonyl (C=O) groups is 2. The molecule has 1 aromatic carbocycles. The maximum absolute atomic E-state index is 11.8. The lowest BCUT2D eigenvalue weighted by Crippen LogP contribution is -2.30. The highest BCUT2D eigenvalue weighted by Gasteiger charge is 2.24. The minimum Gasteiger partial charge on any atom is -0.340 e. The van der Waals surface area contributed by atoms with E-state index in [1.54, 1.807) is 11.9 Å². The molecule has 86 valence electrons. The molecule has 0 spiro atoms. The quantitative estimate of drug-likeness (QED) is 0.728. The summed E-state index contributed by atoms with van der Waals surface area (Å²) in [5.41, 5.74) is 2.96. The van der Waals surface area contributed by atoms with Crippen molar-refractivity contribution in [2.75, 3.05) is 11.9 Å². The van der Waals surface area contributed by atoms with Crippen LogP contribution in [0.4, 0.5) is 5.69 Å². The van der Waals surface area contributed by atoms with Crippen LogP contribution < -0.4 is 4.90 Å². The van der Waals surface area contributed by atoms with E-state index in [-0.39, 0.29) is 5.91 Å². The zero-order chi connectivity index (χ0) is 12.0. The molecule has 2 aromatic rings. The fourth-order valence-corrected chi connectivity index (χ4v) is 2.48. The van der Waals surface area contributed by atoms with Crippen molar-refractivity contribution in [3.05, 3.63) is 30.0 Å². The number of rotatable bonds is 2. The number of amides is 1. The highest BCUT2D eigenvalue weighted by atomic mass is 16.2. The molecule has 17 heavy (non-hydrogen) atoms. The second-order valence-electron chi connectivity index (χ2n) is 4.27. The van der Waals surface area contributed by atoms with Gasteiger partial charge in [-0.1, -0.05) is 6.07 Å². The number of hydrogen-bond donors (Lipinski definition) is 0. The molecule has 1 aliphatic heterocycles. The van der Waals surface area contributed by atoms with Gasteiger partial charge in [0.25, 0.3) is 0 Å². The fraction of sp³-hybridized carbons (Fsp3) is 0.231. The smallest absolute Gasteiger partial charge is 0.231 e. The SMILES string of the molecule is CN1C(=O)Cc2cn(CC=O)c3cccc1c23. The molecule has 0 unspecified atom stereocenters. The first-order valence-corrected chi connectivity index (χ1v) is 5.53. The molecule has 2 heterocycles. The van der Waals surface area contributed by atoms with Crippen molar-refractivity contribution in [3.8, 4) is 0 Å². The van der Waals surface area contributed by atoms with Crippen LogP contribution in [0, 0.1) is 0 Å². The predicted molar refractivity (Wildman–Crippen MR) is 65.1 cm³/mol. The van der Waals surface area contributed by atoms with Crippen molar-refractivity contribution in [2.24, 2.45) is 0 Å². The Morgan fingerprint density at radius 3 is 3.00 bits per heavy atom. The minimum absolute atomic E-state index is 0.0915. The van der Waals surface area contributed by atoms with Gasteiger partial charge in [0.2, 0.25) is 5.91 Å². The first kappa shape index (κ1) is 10.1. The van der Waals surface area contributed by atoms with Gasteiger partial charge in [-0.15, -0.1) is 0 Å². The number of likely N-dealkylation sites (N-methyl/N-ethyl adjacent to an activating group) is 1. The summed E-state index contributed by atoms with van der Waals surface area (Å²) in [5, 5.41) is 1.09. The van der Waals surface area contributed by atoms with Crippen LogP contribution in [0.1, 0.15) is 5.56 Å². The molecule has 1 aliphatic rings. The number of aromatic nitrogens is 1. The van der Waals surface area contributed by atoms with Crippen LogP contribution in [0.5, 0.6) is 0 Å². The molecule has 0 radical (unpaired) electrons. The maximum Gasteiger partial charge on any atom is 0.231 e. The Labute approximate surface area is 98.4 Å². The molecule has 1 aromatic heterocycles. The van der Waals surface area contributed by atoms with E-state index in [4.69, 9.17) is 0 Å². The number of hydrogen-bond acceptors (Lipinski definition) is 2. The third kappa shape index (κ3) is 1.30. The van der Waals surface area contributed by atoms with Crippen molar-refractivity contribution in [3.63, 3.8) is 0 Å². The topological polar surface area (TPSA) is 42.3 Å². The summed E-state index contributed by atoms with van der Waals surface area (Å²) < 4.78 is 1.90. The first-order valence-electron chi connectivity index (χ1n) is 5.53. The number of anilines is 1. The Bertz CT molecular complexity index is 628. The second kappa shape index (κ2) is 3.45. The van der Waals surface area contributed by atoms with Crippen molar-refractivity contribution in [1.82, 2.24) is 4.57 Å². The summed E-state index contributed by atoms with van der Waals surface area (Å²) in [6, 6.07) is 5.83. The minimum atomic E-state index is 0.0915. The van der Waals surface area contributed by atoms with Crippen LogP contribution in [0.2, 0.25) is 0 Å². The standard InChI is InChI=1S/C13H12N2O2/c1-14-10-3-2-4-11-13(10)9(7-12(14)17)8-15(11)5-6-16/h2-4,6,8H,5,7H2,1H3. The monoisotopic (exact) mass is 228 g/mol. The summed E-state index contributed by atoms with van der Waals surface area (Å²) in [7, 11) is 1.79. The van der Waals surface area contributed by atoms with Gasteiger partial charge < -0.3 is 14.3 Å². The molecule has 0 N–H and O–H groups in total. The van der Waals surface area contributed by atoms with Crippen LogP contribution in [-0.4, -0.2) is 23.8 Å². The normalized spacial score (nSPS) is 14.4. The predicted octanol–water partition coefficient (Wildman–Crippen LogP) is 1.36. The lowest BCUT2D eigenvalue weighted by atomic mass is 10.0. The average molecular weight is 228 g/mol. The van der Waals surface area contributed by atoms with E-state index in [1.807, 2.05) is 29.0 Å². The third-order valence-corrected chi connectivity index (χ3v) is 3.31. The van der Waals surface area contributed by atoms with E-state index < -0.39 is 0 Å². The molecule has 4 heteroatoms. The lowest BCUT2D eigenvalue weighted by molar-refractivity contribution is -0.117. The van der Waals surface area contributed by atoms with Gasteiger partial charge in [0.1, 0.15) is 6.29 Å². The molecule has 0 aliphatic carbocycles. The van der Waals surface area contributed by atoms with Gasteiger partial charge in [-0.25, -0.2) is 0 Å². The summed E-state index contributed by atoms with van der Waals surface area (Å²) in [4.78, 5) is 24.1. The average Bonchev–Trinajstić information content (AvgIpc) is 2.66. The van der Waals surface area contributed by atoms with Gasteiger partial charge in [-0.3, -0.25) is 4.79 Å². The van der Waals surface area contributed by atoms with Gasteiger partial charge in [-0.2, -0.15) is 0 Å². The Balaban J connectivity index is 2.34.